The summed E-state index contributed by atoms with van der Waals surface area (Å²) in [6.45, 7) is 3.34. The van der Waals surface area contributed by atoms with E-state index >= 15 is 0 Å². The summed E-state index contributed by atoms with van der Waals surface area (Å²) >= 11 is 2.37. The molecule has 0 atom stereocenters. The SMILES string of the molecule is CCOC(=O)[N+](C)(C)c1nc(N(C(C)=O)c2nc(CC(=O)O)cs2)cs1. The van der Waals surface area contributed by atoms with Crippen molar-refractivity contribution in [3.05, 3.63) is 16.5 Å². The normalized spacial score (nSPS) is 11.2. The van der Waals surface area contributed by atoms with Crippen LogP contribution < -0.4 is 9.38 Å². The number of quaternary nitrogens is 1. The summed E-state index contributed by atoms with van der Waals surface area (Å²) < 4.78 is 4.84. The van der Waals surface area contributed by atoms with E-state index in [9.17, 15) is 14.4 Å². The molecule has 0 aliphatic carbocycles. The van der Waals surface area contributed by atoms with Gasteiger partial charge in [0.25, 0.3) is 5.13 Å². The maximum atomic E-state index is 12.1. The summed E-state index contributed by atoms with van der Waals surface area (Å²) in [6, 6.07) is 0. The molecule has 0 radical (unpaired) electrons. The minimum Gasteiger partial charge on any atom is -0.481 e. The van der Waals surface area contributed by atoms with E-state index in [4.69, 9.17) is 9.84 Å². The molecule has 1 N–H and O–H groups in total. The number of amides is 2. The highest BCUT2D eigenvalue weighted by Crippen LogP contribution is 2.34. The Morgan fingerprint density at radius 1 is 1.23 bits per heavy atom. The molecule has 2 aromatic heterocycles. The third-order valence-electron chi connectivity index (χ3n) is 3.29. The predicted octanol–water partition coefficient (Wildman–Crippen LogP) is 2.63. The number of nitrogens with zero attached hydrogens (tertiary/aromatic N) is 4. The number of carbonyl (C=O) groups is 3. The highest BCUT2D eigenvalue weighted by Gasteiger charge is 2.36. The Balaban J connectivity index is 2.34. The number of aromatic nitrogens is 2. The Morgan fingerprint density at radius 3 is 2.50 bits per heavy atom. The quantitative estimate of drug-likeness (QED) is 0.744. The molecule has 0 aromatic carbocycles. The molecule has 26 heavy (non-hydrogen) atoms. The maximum Gasteiger partial charge on any atom is 0.522 e. The molecule has 0 bridgehead atoms. The first-order chi connectivity index (χ1) is 12.2. The zero-order valence-corrected chi connectivity index (χ0v) is 16.4. The molecule has 0 aliphatic rings. The molecule has 0 unspecified atom stereocenters. The molecule has 9 nitrogen and oxygen atoms in total. The van der Waals surface area contributed by atoms with Gasteiger partial charge >= 0.3 is 12.1 Å². The Bertz CT molecular complexity index is 830. The number of thiazole rings is 2. The second kappa shape index (κ2) is 7.89. The number of ether oxygens (including phenoxy) is 1. The van der Waals surface area contributed by atoms with Crippen LogP contribution in [0.4, 0.5) is 20.9 Å². The van der Waals surface area contributed by atoms with Gasteiger partial charge in [0.1, 0.15) is 0 Å². The second-order valence-electron chi connectivity index (χ2n) is 5.69. The second-order valence-corrected chi connectivity index (χ2v) is 7.36. The fourth-order valence-electron chi connectivity index (χ4n) is 2.01. The Hall–Kier alpha value is -2.37. The minimum absolute atomic E-state index is 0.216. The molecule has 11 heteroatoms. The van der Waals surface area contributed by atoms with Gasteiger partial charge in [0.15, 0.2) is 10.9 Å². The van der Waals surface area contributed by atoms with Crippen molar-refractivity contribution in [1.29, 1.82) is 0 Å². The summed E-state index contributed by atoms with van der Waals surface area (Å²) in [5, 5.41) is 12.9. The van der Waals surface area contributed by atoms with Crippen molar-refractivity contribution in [3.63, 3.8) is 0 Å². The van der Waals surface area contributed by atoms with Gasteiger partial charge in [0.05, 0.1) is 32.8 Å². The summed E-state index contributed by atoms with van der Waals surface area (Å²) in [5.74, 6) is -0.996. The highest BCUT2D eigenvalue weighted by molar-refractivity contribution is 7.15. The number of carboxylic acids is 1. The van der Waals surface area contributed by atoms with Crippen LogP contribution in [0.1, 0.15) is 19.5 Å². The first-order valence-corrected chi connectivity index (χ1v) is 9.37. The van der Waals surface area contributed by atoms with Crippen molar-refractivity contribution >= 4 is 56.7 Å². The van der Waals surface area contributed by atoms with E-state index in [1.54, 1.807) is 31.8 Å². The molecule has 0 aliphatic heterocycles. The number of hydrogen-bond acceptors (Lipinski definition) is 8. The van der Waals surface area contributed by atoms with Crippen molar-refractivity contribution in [2.24, 2.45) is 0 Å². The smallest absolute Gasteiger partial charge is 0.481 e. The molecule has 0 fully saturated rings. The Labute approximate surface area is 158 Å². The number of hydrogen-bond donors (Lipinski definition) is 1. The first kappa shape index (κ1) is 19.9. The van der Waals surface area contributed by atoms with E-state index in [0.717, 1.165) is 11.3 Å². The topological polar surface area (TPSA) is 110 Å². The highest BCUT2D eigenvalue weighted by atomic mass is 32.1. The van der Waals surface area contributed by atoms with Crippen molar-refractivity contribution in [2.75, 3.05) is 25.6 Å². The van der Waals surface area contributed by atoms with E-state index in [1.165, 1.54) is 23.2 Å². The van der Waals surface area contributed by atoms with Crippen LogP contribution >= 0.6 is 22.7 Å². The van der Waals surface area contributed by atoms with Crippen molar-refractivity contribution in [2.45, 2.75) is 20.3 Å². The van der Waals surface area contributed by atoms with E-state index in [2.05, 4.69) is 9.97 Å². The lowest BCUT2D eigenvalue weighted by atomic mass is 10.3. The zero-order valence-electron chi connectivity index (χ0n) is 14.8. The van der Waals surface area contributed by atoms with Crippen LogP contribution in [0.2, 0.25) is 0 Å². The van der Waals surface area contributed by atoms with Crippen LogP contribution in [0, 0.1) is 0 Å². The van der Waals surface area contributed by atoms with Crippen LogP contribution in [-0.2, 0) is 20.7 Å². The lowest BCUT2D eigenvalue weighted by Gasteiger charge is -2.21. The summed E-state index contributed by atoms with van der Waals surface area (Å²) in [4.78, 5) is 44.9. The van der Waals surface area contributed by atoms with Gasteiger partial charge in [-0.15, -0.1) is 11.3 Å². The third-order valence-corrected chi connectivity index (χ3v) is 5.25. The van der Waals surface area contributed by atoms with Gasteiger partial charge in [-0.1, -0.05) is 11.3 Å². The molecule has 0 saturated heterocycles. The number of anilines is 2. The molecule has 2 heterocycles. The fourth-order valence-corrected chi connectivity index (χ4v) is 3.74. The summed E-state index contributed by atoms with van der Waals surface area (Å²) in [5.41, 5.74) is 0.363. The van der Waals surface area contributed by atoms with Crippen LogP contribution in [0.3, 0.4) is 0 Å². The number of carbonyl (C=O) groups excluding carboxylic acids is 2. The average molecular weight is 399 g/mol. The van der Waals surface area contributed by atoms with Crippen LogP contribution in [0.5, 0.6) is 0 Å². The largest absolute Gasteiger partial charge is 0.522 e. The molecule has 2 aromatic rings. The first-order valence-electron chi connectivity index (χ1n) is 7.61. The monoisotopic (exact) mass is 399 g/mol. The van der Waals surface area contributed by atoms with E-state index in [-0.39, 0.29) is 23.4 Å². The van der Waals surface area contributed by atoms with Gasteiger partial charge in [-0.2, -0.15) is 14.3 Å². The molecular weight excluding hydrogens is 380 g/mol. The van der Waals surface area contributed by atoms with Gasteiger partial charge in [0.2, 0.25) is 5.91 Å². The lowest BCUT2D eigenvalue weighted by molar-refractivity contribution is -0.136. The Morgan fingerprint density at radius 2 is 1.92 bits per heavy atom. The van der Waals surface area contributed by atoms with E-state index < -0.39 is 12.1 Å². The molecule has 0 saturated carbocycles. The standard InChI is InChI=1S/C15H18N4O5S2/c1-5-24-15(23)19(3,4)14-17-11(8-26-14)18(9(2)20)13-16-10(7-25-13)6-12(21)22/h7-8H,5-6H2,1-4H3/p+1. The third kappa shape index (κ3) is 4.23. The summed E-state index contributed by atoms with van der Waals surface area (Å²) in [7, 11) is 3.29. The zero-order chi connectivity index (χ0) is 19.5. The van der Waals surface area contributed by atoms with Crippen molar-refractivity contribution in [1.82, 2.24) is 14.5 Å². The van der Waals surface area contributed by atoms with Crippen LogP contribution in [0.25, 0.3) is 0 Å². The number of aliphatic carboxylic acids is 1. The number of carboxylic acid groups (broad SMARTS) is 1. The van der Waals surface area contributed by atoms with Gasteiger partial charge in [0, 0.05) is 17.7 Å². The molecule has 2 amide bonds. The molecule has 140 valence electrons. The van der Waals surface area contributed by atoms with Crippen LogP contribution in [0.15, 0.2) is 10.8 Å². The van der Waals surface area contributed by atoms with Crippen molar-refractivity contribution < 1.29 is 24.2 Å². The van der Waals surface area contributed by atoms with Crippen molar-refractivity contribution in [3.8, 4) is 0 Å². The summed E-state index contributed by atoms with van der Waals surface area (Å²) in [6.07, 6.45) is -0.682. The minimum atomic E-state index is -0.999. The fraction of sp³-hybridized carbons (Fsp3) is 0.400. The average Bonchev–Trinajstić information content (AvgIpc) is 3.17. The maximum absolute atomic E-state index is 12.1. The van der Waals surface area contributed by atoms with Gasteiger partial charge in [-0.05, 0) is 6.92 Å². The molecule has 2 rings (SSSR count). The molecular formula is C15H19N4O5S2+. The number of rotatable bonds is 6. The van der Waals surface area contributed by atoms with Gasteiger partial charge < -0.3 is 9.84 Å². The lowest BCUT2D eigenvalue weighted by Crippen LogP contribution is -2.47. The Kier molecular flexibility index (Phi) is 6.05. The molecule has 0 spiro atoms. The van der Waals surface area contributed by atoms with Crippen LogP contribution in [-0.4, -0.2) is 53.7 Å². The predicted molar refractivity (Wildman–Crippen MR) is 99.1 cm³/mol. The van der Waals surface area contributed by atoms with E-state index in [0.29, 0.717) is 21.8 Å². The van der Waals surface area contributed by atoms with Gasteiger partial charge in [-0.25, -0.2) is 9.88 Å². The van der Waals surface area contributed by atoms with Gasteiger partial charge in [-0.3, -0.25) is 9.59 Å². The van der Waals surface area contributed by atoms with E-state index in [1.807, 2.05) is 0 Å².